The molecule has 1 saturated heterocycles. The molecule has 0 N–H and O–H groups in total. The number of anilines is 1. The van der Waals surface area contributed by atoms with Gasteiger partial charge in [0.05, 0.1) is 17.8 Å². The minimum absolute atomic E-state index is 0.0493. The summed E-state index contributed by atoms with van der Waals surface area (Å²) in [5, 5.41) is 0. The summed E-state index contributed by atoms with van der Waals surface area (Å²) >= 11 is 0. The van der Waals surface area contributed by atoms with E-state index in [1.165, 1.54) is 0 Å². The highest BCUT2D eigenvalue weighted by Gasteiger charge is 2.23. The van der Waals surface area contributed by atoms with E-state index in [4.69, 9.17) is 11.6 Å². The Labute approximate surface area is 177 Å². The van der Waals surface area contributed by atoms with E-state index in [2.05, 4.69) is 16.7 Å². The Morgan fingerprint density at radius 1 is 1.00 bits per heavy atom. The van der Waals surface area contributed by atoms with Gasteiger partial charge in [-0.05, 0) is 36.8 Å². The summed E-state index contributed by atoms with van der Waals surface area (Å²) in [7, 11) is 1.81. The predicted molar refractivity (Wildman–Crippen MR) is 122 cm³/mol. The van der Waals surface area contributed by atoms with E-state index in [1.807, 2.05) is 50.4 Å². The Balaban J connectivity index is 1.92. The van der Waals surface area contributed by atoms with Gasteiger partial charge in [-0.25, -0.2) is 9.83 Å². The third-order valence-electron chi connectivity index (χ3n) is 5.94. The summed E-state index contributed by atoms with van der Waals surface area (Å²) in [6, 6.07) is 15.3. The Hall–Kier alpha value is -3.39. The lowest BCUT2D eigenvalue weighted by Gasteiger charge is -2.32. The van der Waals surface area contributed by atoms with Crippen LogP contribution in [0.25, 0.3) is 27.2 Å². The molecular formula is C25H26N4O. The van der Waals surface area contributed by atoms with E-state index >= 15 is 0 Å². The summed E-state index contributed by atoms with van der Waals surface area (Å²) in [5.41, 5.74) is 4.65. The summed E-state index contributed by atoms with van der Waals surface area (Å²) in [6.07, 6.45) is 2.20. The highest BCUT2D eigenvalue weighted by atomic mass is 16.1. The molecule has 0 spiro atoms. The first-order valence-corrected chi connectivity index (χ1v) is 10.4. The van der Waals surface area contributed by atoms with Gasteiger partial charge in [-0.15, -0.1) is 0 Å². The van der Waals surface area contributed by atoms with Crippen molar-refractivity contribution in [3.8, 4) is 22.4 Å². The molecule has 0 saturated carbocycles. The monoisotopic (exact) mass is 398 g/mol. The number of rotatable bonds is 3. The van der Waals surface area contributed by atoms with Gasteiger partial charge in [0.2, 0.25) is 5.95 Å². The molecule has 5 heteroatoms. The molecule has 0 atom stereocenters. The standard InChI is InChI=1S/C25H26N4O/c1-17-5-7-19(8-6-17)22-23(20-9-11-21(26-3)12-10-20)27-25(28(4)24(22)30)29-15-13-18(2)14-16-29/h5-12,18H,13-16H2,1-2,4H3. The second-order valence-electron chi connectivity index (χ2n) is 8.19. The van der Waals surface area contributed by atoms with Gasteiger partial charge in [0, 0.05) is 20.1 Å². The zero-order valence-electron chi connectivity index (χ0n) is 17.7. The molecule has 1 aliphatic rings. The summed E-state index contributed by atoms with van der Waals surface area (Å²) in [6.45, 7) is 13.3. The number of hydrogen-bond donors (Lipinski definition) is 0. The van der Waals surface area contributed by atoms with Gasteiger partial charge >= 0.3 is 0 Å². The van der Waals surface area contributed by atoms with Crippen molar-refractivity contribution in [2.24, 2.45) is 13.0 Å². The van der Waals surface area contributed by atoms with E-state index in [-0.39, 0.29) is 5.56 Å². The Morgan fingerprint density at radius 2 is 1.60 bits per heavy atom. The van der Waals surface area contributed by atoms with Crippen molar-refractivity contribution in [2.75, 3.05) is 18.0 Å². The van der Waals surface area contributed by atoms with Crippen LogP contribution in [0.3, 0.4) is 0 Å². The average Bonchev–Trinajstić information content (AvgIpc) is 2.77. The van der Waals surface area contributed by atoms with Crippen LogP contribution < -0.4 is 10.5 Å². The van der Waals surface area contributed by atoms with Gasteiger partial charge in [0.15, 0.2) is 5.69 Å². The zero-order valence-corrected chi connectivity index (χ0v) is 17.7. The van der Waals surface area contributed by atoms with E-state index in [0.717, 1.165) is 42.6 Å². The van der Waals surface area contributed by atoms with Crippen LogP contribution in [-0.2, 0) is 7.05 Å². The van der Waals surface area contributed by atoms with Crippen molar-refractivity contribution in [1.29, 1.82) is 0 Å². The fourth-order valence-corrected chi connectivity index (χ4v) is 3.97. The number of nitrogens with zero attached hydrogens (tertiary/aromatic N) is 4. The minimum Gasteiger partial charge on any atom is -0.342 e. The molecule has 30 heavy (non-hydrogen) atoms. The molecule has 4 rings (SSSR count). The van der Waals surface area contributed by atoms with Crippen molar-refractivity contribution < 1.29 is 0 Å². The van der Waals surface area contributed by atoms with Crippen molar-refractivity contribution in [3.63, 3.8) is 0 Å². The van der Waals surface area contributed by atoms with Gasteiger partial charge in [-0.2, -0.15) is 0 Å². The van der Waals surface area contributed by atoms with E-state index in [0.29, 0.717) is 28.8 Å². The smallest absolute Gasteiger partial charge is 0.263 e. The van der Waals surface area contributed by atoms with Gasteiger partial charge < -0.3 is 4.90 Å². The topological polar surface area (TPSA) is 42.5 Å². The van der Waals surface area contributed by atoms with Gasteiger partial charge in [-0.1, -0.05) is 61.0 Å². The molecule has 5 nitrogen and oxygen atoms in total. The number of aromatic nitrogens is 2. The lowest BCUT2D eigenvalue weighted by atomic mass is 9.98. The molecular weight excluding hydrogens is 372 g/mol. The lowest BCUT2D eigenvalue weighted by molar-refractivity contribution is 0.431. The van der Waals surface area contributed by atoms with Crippen molar-refractivity contribution in [2.45, 2.75) is 26.7 Å². The molecule has 2 aromatic carbocycles. The Bertz CT molecular complexity index is 1150. The van der Waals surface area contributed by atoms with Crippen LogP contribution in [0.4, 0.5) is 11.6 Å². The predicted octanol–water partition coefficient (Wildman–Crippen LogP) is 5.21. The first kappa shape index (κ1) is 19.9. The molecule has 1 aliphatic heterocycles. The van der Waals surface area contributed by atoms with E-state index in [1.54, 1.807) is 16.7 Å². The molecule has 1 fully saturated rings. The Morgan fingerprint density at radius 3 is 2.20 bits per heavy atom. The van der Waals surface area contributed by atoms with Crippen molar-refractivity contribution in [3.05, 3.63) is 75.9 Å². The first-order valence-electron chi connectivity index (χ1n) is 10.4. The molecule has 0 bridgehead atoms. The highest BCUT2D eigenvalue weighted by Crippen LogP contribution is 2.32. The fraction of sp³-hybridized carbons (Fsp3) is 0.320. The maximum absolute atomic E-state index is 13.5. The molecule has 0 amide bonds. The van der Waals surface area contributed by atoms with Gasteiger partial charge in [0.25, 0.3) is 5.56 Å². The maximum atomic E-state index is 13.5. The van der Waals surface area contributed by atoms with E-state index < -0.39 is 0 Å². The molecule has 0 radical (unpaired) electrons. The molecule has 152 valence electrons. The normalized spacial score (nSPS) is 14.5. The first-order chi connectivity index (χ1) is 14.5. The van der Waals surface area contributed by atoms with Gasteiger partial charge in [-0.3, -0.25) is 9.36 Å². The van der Waals surface area contributed by atoms with Crippen LogP contribution >= 0.6 is 0 Å². The van der Waals surface area contributed by atoms with Crippen LogP contribution in [0.15, 0.2) is 53.3 Å². The zero-order chi connectivity index (χ0) is 21.3. The SMILES string of the molecule is [C-]#[N+]c1ccc(-c2nc(N3CCC(C)CC3)n(C)c(=O)c2-c2ccc(C)cc2)cc1. The van der Waals surface area contributed by atoms with E-state index in [9.17, 15) is 4.79 Å². The number of benzene rings is 2. The van der Waals surface area contributed by atoms with Crippen LogP contribution in [0, 0.1) is 19.4 Å². The Kier molecular flexibility index (Phi) is 5.41. The van der Waals surface area contributed by atoms with Crippen molar-refractivity contribution in [1.82, 2.24) is 9.55 Å². The van der Waals surface area contributed by atoms with Gasteiger partial charge in [0.1, 0.15) is 0 Å². The summed E-state index contributed by atoms with van der Waals surface area (Å²) in [5.74, 6) is 1.41. The third kappa shape index (κ3) is 3.73. The minimum atomic E-state index is -0.0493. The quantitative estimate of drug-likeness (QED) is 0.569. The number of hydrogen-bond acceptors (Lipinski definition) is 3. The second-order valence-corrected chi connectivity index (χ2v) is 8.19. The third-order valence-corrected chi connectivity index (χ3v) is 5.94. The molecule has 2 heterocycles. The lowest BCUT2D eigenvalue weighted by Crippen LogP contribution is -2.38. The molecule has 0 aliphatic carbocycles. The number of piperidine rings is 1. The summed E-state index contributed by atoms with van der Waals surface area (Å²) in [4.78, 5) is 24.3. The fourth-order valence-electron chi connectivity index (χ4n) is 3.97. The van der Waals surface area contributed by atoms with Crippen LogP contribution in [0.2, 0.25) is 0 Å². The van der Waals surface area contributed by atoms with Crippen molar-refractivity contribution >= 4 is 11.6 Å². The second kappa shape index (κ2) is 8.16. The summed E-state index contributed by atoms with van der Waals surface area (Å²) < 4.78 is 1.68. The number of aryl methyl sites for hydroxylation is 1. The van der Waals surface area contributed by atoms with Crippen LogP contribution in [0.1, 0.15) is 25.3 Å². The van der Waals surface area contributed by atoms with Crippen LogP contribution in [0.5, 0.6) is 0 Å². The maximum Gasteiger partial charge on any atom is 0.263 e. The van der Waals surface area contributed by atoms with Crippen LogP contribution in [-0.4, -0.2) is 22.6 Å². The largest absolute Gasteiger partial charge is 0.342 e. The molecule has 3 aromatic rings. The molecule has 0 unspecified atom stereocenters. The highest BCUT2D eigenvalue weighted by molar-refractivity contribution is 5.81. The molecule has 1 aromatic heterocycles. The average molecular weight is 399 g/mol.